The molecule has 0 aromatic carbocycles. The Morgan fingerprint density at radius 3 is 3.17 bits per heavy atom. The molecule has 2 heterocycles. The maximum absolute atomic E-state index is 11.9. The Morgan fingerprint density at radius 1 is 1.44 bits per heavy atom. The highest BCUT2D eigenvalue weighted by Gasteiger charge is 2.39. The minimum absolute atomic E-state index is 0.0158. The van der Waals surface area contributed by atoms with E-state index in [4.69, 9.17) is 9.47 Å². The smallest absolute Gasteiger partial charge is 0.261 e. The number of amides is 1. The average molecular weight is 247 g/mol. The van der Waals surface area contributed by atoms with Crippen molar-refractivity contribution < 1.29 is 14.3 Å². The average Bonchev–Trinajstić information content (AvgIpc) is 2.41. The molecular formula is C14H17NO3. The second-order valence-electron chi connectivity index (χ2n) is 4.71. The molecular weight excluding hydrogens is 230 g/mol. The molecule has 0 spiro atoms. The Balaban J connectivity index is 1.95. The lowest BCUT2D eigenvalue weighted by Gasteiger charge is -2.42. The summed E-state index contributed by atoms with van der Waals surface area (Å²) in [7, 11) is 0. The Labute approximate surface area is 107 Å². The SMILES string of the molecule is CCCN1C(=O)COC2=C3C=CC=CC3OCC21. The Kier molecular flexibility index (Phi) is 2.96. The van der Waals surface area contributed by atoms with E-state index in [1.54, 1.807) is 0 Å². The Morgan fingerprint density at radius 2 is 2.33 bits per heavy atom. The largest absolute Gasteiger partial charge is 0.485 e. The van der Waals surface area contributed by atoms with Crippen LogP contribution in [0.1, 0.15) is 13.3 Å². The van der Waals surface area contributed by atoms with Crippen molar-refractivity contribution in [2.75, 3.05) is 19.8 Å². The van der Waals surface area contributed by atoms with Crippen LogP contribution < -0.4 is 0 Å². The number of fused-ring (bicyclic) bond motifs is 2. The van der Waals surface area contributed by atoms with E-state index in [-0.39, 0.29) is 24.7 Å². The second-order valence-corrected chi connectivity index (χ2v) is 4.71. The van der Waals surface area contributed by atoms with Gasteiger partial charge in [0.15, 0.2) is 6.61 Å². The molecule has 3 aliphatic rings. The molecule has 0 N–H and O–H groups in total. The Hall–Kier alpha value is -1.55. The van der Waals surface area contributed by atoms with Gasteiger partial charge in [0.1, 0.15) is 17.9 Å². The van der Waals surface area contributed by atoms with Crippen LogP contribution in [0.15, 0.2) is 35.6 Å². The zero-order valence-electron chi connectivity index (χ0n) is 10.5. The van der Waals surface area contributed by atoms with Crippen LogP contribution in [0.2, 0.25) is 0 Å². The van der Waals surface area contributed by atoms with Gasteiger partial charge < -0.3 is 14.4 Å². The minimum Gasteiger partial charge on any atom is -0.485 e. The van der Waals surface area contributed by atoms with E-state index in [1.807, 2.05) is 29.2 Å². The van der Waals surface area contributed by atoms with Crippen LogP contribution in [0.3, 0.4) is 0 Å². The van der Waals surface area contributed by atoms with Crippen molar-refractivity contribution in [3.05, 3.63) is 35.6 Å². The van der Waals surface area contributed by atoms with Crippen LogP contribution in [0, 0.1) is 0 Å². The van der Waals surface area contributed by atoms with E-state index >= 15 is 0 Å². The van der Waals surface area contributed by atoms with Gasteiger partial charge in [-0.3, -0.25) is 4.79 Å². The number of ether oxygens (including phenoxy) is 2. The van der Waals surface area contributed by atoms with E-state index in [0.717, 1.165) is 24.3 Å². The molecule has 0 aromatic heterocycles. The van der Waals surface area contributed by atoms with Gasteiger partial charge in [-0.05, 0) is 6.42 Å². The van der Waals surface area contributed by atoms with Gasteiger partial charge in [-0.25, -0.2) is 0 Å². The van der Waals surface area contributed by atoms with E-state index < -0.39 is 0 Å². The lowest BCUT2D eigenvalue weighted by molar-refractivity contribution is -0.147. The van der Waals surface area contributed by atoms with Crippen molar-refractivity contribution >= 4 is 5.91 Å². The molecule has 18 heavy (non-hydrogen) atoms. The topological polar surface area (TPSA) is 38.8 Å². The van der Waals surface area contributed by atoms with Gasteiger partial charge in [0.2, 0.25) is 0 Å². The summed E-state index contributed by atoms with van der Waals surface area (Å²) in [6, 6.07) is -0.0476. The predicted molar refractivity (Wildman–Crippen MR) is 66.8 cm³/mol. The highest BCUT2D eigenvalue weighted by atomic mass is 16.5. The number of rotatable bonds is 2. The van der Waals surface area contributed by atoms with E-state index in [9.17, 15) is 4.79 Å². The maximum Gasteiger partial charge on any atom is 0.261 e. The van der Waals surface area contributed by atoms with Crippen molar-refractivity contribution in [3.8, 4) is 0 Å². The lowest BCUT2D eigenvalue weighted by atomic mass is 9.96. The van der Waals surface area contributed by atoms with Gasteiger partial charge in [0.25, 0.3) is 5.91 Å². The van der Waals surface area contributed by atoms with Crippen LogP contribution in [0.25, 0.3) is 0 Å². The fourth-order valence-electron chi connectivity index (χ4n) is 2.68. The zero-order valence-corrected chi connectivity index (χ0v) is 10.5. The van der Waals surface area contributed by atoms with Gasteiger partial charge in [-0.2, -0.15) is 0 Å². The first-order valence-corrected chi connectivity index (χ1v) is 6.44. The molecule has 1 fully saturated rings. The lowest BCUT2D eigenvalue weighted by Crippen LogP contribution is -2.53. The van der Waals surface area contributed by atoms with E-state index in [0.29, 0.717) is 6.61 Å². The van der Waals surface area contributed by atoms with E-state index in [2.05, 4.69) is 6.92 Å². The summed E-state index contributed by atoms with van der Waals surface area (Å²) in [5, 5.41) is 0. The summed E-state index contributed by atoms with van der Waals surface area (Å²) in [5.74, 6) is 0.975. The molecule has 0 radical (unpaired) electrons. The molecule has 1 aliphatic carbocycles. The summed E-state index contributed by atoms with van der Waals surface area (Å²) in [4.78, 5) is 13.8. The monoisotopic (exact) mass is 247 g/mol. The van der Waals surface area contributed by atoms with Crippen molar-refractivity contribution in [1.82, 2.24) is 4.90 Å². The summed E-state index contributed by atoms with van der Waals surface area (Å²) in [6.07, 6.45) is 8.93. The third-order valence-electron chi connectivity index (χ3n) is 3.51. The summed E-state index contributed by atoms with van der Waals surface area (Å²) in [5.41, 5.74) is 1.06. The third kappa shape index (κ3) is 1.77. The number of hydrogen-bond acceptors (Lipinski definition) is 3. The molecule has 1 amide bonds. The molecule has 4 nitrogen and oxygen atoms in total. The predicted octanol–water partition coefficient (Wildman–Crippen LogP) is 1.40. The quantitative estimate of drug-likeness (QED) is 0.740. The van der Waals surface area contributed by atoms with Gasteiger partial charge in [0.05, 0.1) is 6.61 Å². The van der Waals surface area contributed by atoms with Gasteiger partial charge in [-0.15, -0.1) is 0 Å². The number of morpholine rings is 1. The van der Waals surface area contributed by atoms with Gasteiger partial charge >= 0.3 is 0 Å². The summed E-state index contributed by atoms with van der Waals surface area (Å²) < 4.78 is 11.5. The minimum atomic E-state index is -0.0476. The van der Waals surface area contributed by atoms with Crippen LogP contribution in [-0.4, -0.2) is 42.7 Å². The first kappa shape index (κ1) is 11.5. The standard InChI is InChI=1S/C14H17NO3/c1-2-7-15-11-8-17-12-6-4-3-5-10(12)14(11)18-9-13(15)16/h3-6,11-12H,2,7-9H2,1H3. The van der Waals surface area contributed by atoms with Crippen LogP contribution in [0.4, 0.5) is 0 Å². The number of hydrogen-bond donors (Lipinski definition) is 0. The second kappa shape index (κ2) is 4.61. The Bertz CT molecular complexity index is 450. The first-order valence-electron chi connectivity index (χ1n) is 6.44. The zero-order chi connectivity index (χ0) is 12.5. The van der Waals surface area contributed by atoms with Crippen LogP contribution in [0.5, 0.6) is 0 Å². The number of carbonyl (C=O) groups is 1. The molecule has 4 heteroatoms. The number of allylic oxidation sites excluding steroid dienone is 2. The molecule has 0 aromatic rings. The molecule has 2 unspecified atom stereocenters. The molecule has 96 valence electrons. The van der Waals surface area contributed by atoms with Gasteiger partial charge in [-0.1, -0.05) is 31.2 Å². The van der Waals surface area contributed by atoms with Crippen molar-refractivity contribution in [3.63, 3.8) is 0 Å². The number of nitrogens with zero attached hydrogens (tertiary/aromatic N) is 1. The first-order chi connectivity index (χ1) is 8.81. The molecule has 2 aliphatic heterocycles. The maximum atomic E-state index is 11.9. The van der Waals surface area contributed by atoms with Crippen LogP contribution >= 0.6 is 0 Å². The molecule has 1 saturated heterocycles. The molecule has 2 atom stereocenters. The highest BCUT2D eigenvalue weighted by Crippen LogP contribution is 2.32. The fourth-order valence-corrected chi connectivity index (χ4v) is 2.68. The van der Waals surface area contributed by atoms with Gasteiger partial charge in [0, 0.05) is 12.1 Å². The van der Waals surface area contributed by atoms with E-state index in [1.165, 1.54) is 0 Å². The normalized spacial score (nSPS) is 30.1. The molecule has 0 bridgehead atoms. The summed E-state index contributed by atoms with van der Waals surface area (Å²) >= 11 is 0. The fraction of sp³-hybridized carbons (Fsp3) is 0.500. The van der Waals surface area contributed by atoms with Crippen LogP contribution in [-0.2, 0) is 14.3 Å². The van der Waals surface area contributed by atoms with Crippen molar-refractivity contribution in [2.24, 2.45) is 0 Å². The number of carbonyl (C=O) groups excluding carboxylic acids is 1. The third-order valence-corrected chi connectivity index (χ3v) is 3.51. The van der Waals surface area contributed by atoms with Crippen molar-refractivity contribution in [1.29, 1.82) is 0 Å². The molecule has 3 rings (SSSR count). The molecule has 0 saturated carbocycles. The highest BCUT2D eigenvalue weighted by molar-refractivity contribution is 5.79. The van der Waals surface area contributed by atoms with Crippen molar-refractivity contribution in [2.45, 2.75) is 25.5 Å². The summed E-state index contributed by atoms with van der Waals surface area (Å²) in [6.45, 7) is 3.51.